The van der Waals surface area contributed by atoms with Gasteiger partial charge in [0.05, 0.1) is 11.1 Å². The highest BCUT2D eigenvalue weighted by Crippen LogP contribution is 2.19. The van der Waals surface area contributed by atoms with Crippen LogP contribution in [0.5, 0.6) is 0 Å². The molecule has 0 heterocycles. The standard InChI is InChI=1S/C24H17N3O2/c1-3-16-5-10-19(11-6-16)26-23(28)21-14-9-18(25)15-22(21)24(29)27-20-12-7-17(4-2)8-13-20/h1-2,5-15H,25H2,(H,26,28)(H,27,29). The van der Waals surface area contributed by atoms with Crippen LogP contribution in [-0.4, -0.2) is 11.8 Å². The molecule has 0 saturated heterocycles. The fraction of sp³-hybridized carbons (Fsp3) is 0. The van der Waals surface area contributed by atoms with Crippen molar-refractivity contribution in [1.82, 2.24) is 0 Å². The van der Waals surface area contributed by atoms with E-state index in [9.17, 15) is 9.59 Å². The Morgan fingerprint density at radius 1 is 0.690 bits per heavy atom. The van der Waals surface area contributed by atoms with E-state index in [1.54, 1.807) is 54.6 Å². The Kier molecular flexibility index (Phi) is 5.64. The van der Waals surface area contributed by atoms with E-state index >= 15 is 0 Å². The van der Waals surface area contributed by atoms with Crippen LogP contribution in [0.25, 0.3) is 0 Å². The van der Waals surface area contributed by atoms with Gasteiger partial charge in [-0.05, 0) is 66.7 Å². The van der Waals surface area contributed by atoms with Crippen LogP contribution in [0.3, 0.4) is 0 Å². The molecular weight excluding hydrogens is 362 g/mol. The van der Waals surface area contributed by atoms with Gasteiger partial charge >= 0.3 is 0 Å². The van der Waals surface area contributed by atoms with Crippen molar-refractivity contribution in [1.29, 1.82) is 0 Å². The van der Waals surface area contributed by atoms with Gasteiger partial charge in [0.1, 0.15) is 0 Å². The zero-order chi connectivity index (χ0) is 20.8. The Labute approximate surface area is 168 Å². The highest BCUT2D eigenvalue weighted by atomic mass is 16.2. The van der Waals surface area contributed by atoms with Crippen molar-refractivity contribution in [3.8, 4) is 24.7 Å². The minimum atomic E-state index is -0.460. The van der Waals surface area contributed by atoms with E-state index in [0.717, 1.165) is 0 Å². The maximum Gasteiger partial charge on any atom is 0.256 e. The van der Waals surface area contributed by atoms with Gasteiger partial charge in [-0.2, -0.15) is 0 Å². The number of benzene rings is 3. The highest BCUT2D eigenvalue weighted by molar-refractivity contribution is 6.15. The highest BCUT2D eigenvalue weighted by Gasteiger charge is 2.18. The second kappa shape index (κ2) is 8.47. The third-order valence-corrected chi connectivity index (χ3v) is 4.15. The maximum atomic E-state index is 12.8. The third-order valence-electron chi connectivity index (χ3n) is 4.15. The number of nitrogens with one attached hydrogen (secondary N) is 2. The molecule has 0 aromatic heterocycles. The van der Waals surface area contributed by atoms with Crippen molar-refractivity contribution < 1.29 is 9.59 Å². The Bertz CT molecular complexity index is 1150. The second-order valence-corrected chi connectivity index (χ2v) is 6.16. The van der Waals surface area contributed by atoms with Gasteiger partial charge in [-0.1, -0.05) is 11.8 Å². The Balaban J connectivity index is 1.84. The minimum Gasteiger partial charge on any atom is -0.399 e. The molecular formula is C24H17N3O2. The molecule has 0 spiro atoms. The van der Waals surface area contributed by atoms with Crippen molar-refractivity contribution in [3.05, 3.63) is 89.0 Å². The lowest BCUT2D eigenvalue weighted by Crippen LogP contribution is -2.20. The van der Waals surface area contributed by atoms with Crippen LogP contribution < -0.4 is 16.4 Å². The lowest BCUT2D eigenvalue weighted by atomic mass is 10.0. The van der Waals surface area contributed by atoms with Crippen molar-refractivity contribution in [3.63, 3.8) is 0 Å². The van der Waals surface area contributed by atoms with E-state index in [-0.39, 0.29) is 11.1 Å². The van der Waals surface area contributed by atoms with E-state index in [1.165, 1.54) is 12.1 Å². The number of terminal acetylenes is 2. The molecule has 0 radical (unpaired) electrons. The van der Waals surface area contributed by atoms with Crippen molar-refractivity contribution in [2.24, 2.45) is 0 Å². The summed E-state index contributed by atoms with van der Waals surface area (Å²) in [6.07, 6.45) is 10.7. The molecule has 4 N–H and O–H groups in total. The normalized spacial score (nSPS) is 9.72. The van der Waals surface area contributed by atoms with Gasteiger partial charge in [0.15, 0.2) is 0 Å². The van der Waals surface area contributed by atoms with Gasteiger partial charge < -0.3 is 16.4 Å². The van der Waals surface area contributed by atoms with Gasteiger partial charge in [0.25, 0.3) is 11.8 Å². The largest absolute Gasteiger partial charge is 0.399 e. The SMILES string of the molecule is C#Cc1ccc(NC(=O)c2ccc(N)cc2C(=O)Nc2ccc(C#C)cc2)cc1. The Morgan fingerprint density at radius 2 is 1.14 bits per heavy atom. The summed E-state index contributed by atoms with van der Waals surface area (Å²) < 4.78 is 0. The molecule has 5 nitrogen and oxygen atoms in total. The lowest BCUT2D eigenvalue weighted by molar-refractivity contribution is 0.0990. The molecule has 140 valence electrons. The molecule has 0 fully saturated rings. The number of anilines is 3. The molecule has 2 amide bonds. The molecule has 0 saturated carbocycles. The molecule has 3 aromatic carbocycles. The van der Waals surface area contributed by atoms with Crippen molar-refractivity contribution in [2.45, 2.75) is 0 Å². The number of amides is 2. The number of nitrogen functional groups attached to an aromatic ring is 1. The average Bonchev–Trinajstić information content (AvgIpc) is 2.74. The van der Waals surface area contributed by atoms with Gasteiger partial charge in [0.2, 0.25) is 0 Å². The summed E-state index contributed by atoms with van der Waals surface area (Å²) in [4.78, 5) is 25.5. The molecule has 3 rings (SSSR count). The second-order valence-electron chi connectivity index (χ2n) is 6.16. The molecule has 3 aromatic rings. The van der Waals surface area contributed by atoms with Crippen molar-refractivity contribution >= 4 is 28.9 Å². The minimum absolute atomic E-state index is 0.156. The average molecular weight is 379 g/mol. The molecule has 5 heteroatoms. The van der Waals surface area contributed by atoms with Crippen LogP contribution in [0.4, 0.5) is 17.1 Å². The van der Waals surface area contributed by atoms with E-state index in [0.29, 0.717) is 28.2 Å². The number of carbonyl (C=O) groups excluding carboxylic acids is 2. The summed E-state index contributed by atoms with van der Waals surface area (Å²) >= 11 is 0. The van der Waals surface area contributed by atoms with Crippen molar-refractivity contribution in [2.75, 3.05) is 16.4 Å². The monoisotopic (exact) mass is 379 g/mol. The molecule has 29 heavy (non-hydrogen) atoms. The van der Waals surface area contributed by atoms with Crippen LogP contribution in [0.2, 0.25) is 0 Å². The van der Waals surface area contributed by atoms with E-state index in [2.05, 4.69) is 22.5 Å². The maximum absolute atomic E-state index is 12.8. The first-order chi connectivity index (χ1) is 14.0. The number of nitrogens with two attached hydrogens (primary N) is 1. The smallest absolute Gasteiger partial charge is 0.256 e. The lowest BCUT2D eigenvalue weighted by Gasteiger charge is -2.12. The topological polar surface area (TPSA) is 84.2 Å². The first kappa shape index (κ1) is 19.3. The Morgan fingerprint density at radius 3 is 1.59 bits per heavy atom. The predicted octanol–water partition coefficient (Wildman–Crippen LogP) is 3.74. The summed E-state index contributed by atoms with van der Waals surface area (Å²) in [6, 6.07) is 18.1. The fourth-order valence-electron chi connectivity index (χ4n) is 2.64. The van der Waals surface area contributed by atoms with Gasteiger partial charge in [-0.3, -0.25) is 9.59 Å². The van der Waals surface area contributed by atoms with Crippen LogP contribution in [0.1, 0.15) is 31.8 Å². The fourth-order valence-corrected chi connectivity index (χ4v) is 2.64. The van der Waals surface area contributed by atoms with Gasteiger partial charge in [-0.15, -0.1) is 12.8 Å². The zero-order valence-corrected chi connectivity index (χ0v) is 15.4. The van der Waals surface area contributed by atoms with Gasteiger partial charge in [0, 0.05) is 28.2 Å². The number of carbonyl (C=O) groups is 2. The van der Waals surface area contributed by atoms with E-state index < -0.39 is 11.8 Å². The molecule has 0 unspecified atom stereocenters. The summed E-state index contributed by atoms with van der Waals surface area (Å²) in [7, 11) is 0. The number of hydrogen-bond acceptors (Lipinski definition) is 3. The van der Waals surface area contributed by atoms with E-state index in [1.807, 2.05) is 0 Å². The summed E-state index contributed by atoms with van der Waals surface area (Å²) in [5, 5.41) is 5.50. The molecule has 0 bridgehead atoms. The van der Waals surface area contributed by atoms with Gasteiger partial charge in [-0.25, -0.2) is 0 Å². The van der Waals surface area contributed by atoms with E-state index in [4.69, 9.17) is 18.6 Å². The number of rotatable bonds is 4. The molecule has 0 atom stereocenters. The summed E-state index contributed by atoms with van der Waals surface area (Å²) in [5.74, 6) is 4.12. The Hall–Kier alpha value is -4.48. The quantitative estimate of drug-likeness (QED) is 0.477. The first-order valence-corrected chi connectivity index (χ1v) is 8.66. The molecule has 0 aliphatic heterocycles. The van der Waals surface area contributed by atoms with Crippen LogP contribution in [0.15, 0.2) is 66.7 Å². The zero-order valence-electron chi connectivity index (χ0n) is 15.4. The number of hydrogen-bond donors (Lipinski definition) is 3. The summed E-state index contributed by atoms with van der Waals surface area (Å²) in [5.41, 5.74) is 9.05. The molecule has 0 aliphatic carbocycles. The van der Waals surface area contributed by atoms with Crippen LogP contribution in [-0.2, 0) is 0 Å². The van der Waals surface area contributed by atoms with Crippen LogP contribution >= 0.6 is 0 Å². The van der Waals surface area contributed by atoms with Crippen LogP contribution in [0, 0.1) is 24.7 Å². The molecule has 0 aliphatic rings. The third kappa shape index (κ3) is 4.63. The summed E-state index contributed by atoms with van der Waals surface area (Å²) in [6.45, 7) is 0. The first-order valence-electron chi connectivity index (χ1n) is 8.66. The predicted molar refractivity (Wildman–Crippen MR) is 116 cm³/mol.